The minimum Gasteiger partial charge on any atom is -0.474 e. The predicted octanol–water partition coefficient (Wildman–Crippen LogP) is 2.81. The lowest BCUT2D eigenvalue weighted by atomic mass is 10.2. The summed E-state index contributed by atoms with van der Waals surface area (Å²) in [7, 11) is 1.07. The molecule has 1 aromatic heterocycles. The number of pyridine rings is 1. The molecule has 0 saturated carbocycles. The van der Waals surface area contributed by atoms with Crippen molar-refractivity contribution in [2.45, 2.75) is 25.6 Å². The fraction of sp³-hybridized carbons (Fsp3) is 0.385. The van der Waals surface area contributed by atoms with Gasteiger partial charge in [0.05, 0.1) is 12.8 Å². The van der Waals surface area contributed by atoms with Gasteiger partial charge < -0.3 is 15.2 Å². The summed E-state index contributed by atoms with van der Waals surface area (Å²) in [6, 6.07) is 0.606. The number of esters is 1. The second-order valence-corrected chi connectivity index (χ2v) is 4.22. The molecule has 1 rings (SSSR count). The fourth-order valence-electron chi connectivity index (χ4n) is 1.54. The highest BCUT2D eigenvalue weighted by Gasteiger charge is 2.37. The first-order valence-corrected chi connectivity index (χ1v) is 5.94. The van der Waals surface area contributed by atoms with Crippen molar-refractivity contribution in [1.29, 1.82) is 0 Å². The zero-order valence-corrected chi connectivity index (χ0v) is 11.5. The molecule has 116 valence electrons. The summed E-state index contributed by atoms with van der Waals surface area (Å²) in [6.45, 7) is 5.02. The number of nitrogen functional groups attached to an aromatic ring is 1. The van der Waals surface area contributed by atoms with Crippen LogP contribution in [0.15, 0.2) is 18.7 Å². The number of halogens is 3. The number of nitrogens with two attached hydrogens (primary N) is 1. The SMILES string of the molecule is C=CCC(C)Oc1nc(C(=O)OC)c(N)cc1C(F)(F)F. The van der Waals surface area contributed by atoms with Crippen LogP contribution >= 0.6 is 0 Å². The predicted molar refractivity (Wildman–Crippen MR) is 69.9 cm³/mol. The molecule has 0 spiro atoms. The Morgan fingerprint density at radius 1 is 1.57 bits per heavy atom. The van der Waals surface area contributed by atoms with Crippen LogP contribution in [0, 0.1) is 0 Å². The Morgan fingerprint density at radius 3 is 2.67 bits per heavy atom. The molecule has 0 aliphatic rings. The number of ether oxygens (including phenoxy) is 2. The second kappa shape index (κ2) is 6.47. The van der Waals surface area contributed by atoms with Gasteiger partial charge in [-0.1, -0.05) is 6.08 Å². The fourth-order valence-corrected chi connectivity index (χ4v) is 1.54. The van der Waals surface area contributed by atoms with Gasteiger partial charge in [-0.2, -0.15) is 13.2 Å². The molecule has 0 amide bonds. The van der Waals surface area contributed by atoms with Crippen molar-refractivity contribution in [2.24, 2.45) is 0 Å². The number of alkyl halides is 3. The van der Waals surface area contributed by atoms with Gasteiger partial charge in [-0.15, -0.1) is 6.58 Å². The summed E-state index contributed by atoms with van der Waals surface area (Å²) in [4.78, 5) is 15.0. The van der Waals surface area contributed by atoms with E-state index in [9.17, 15) is 18.0 Å². The smallest absolute Gasteiger partial charge is 0.421 e. The first-order chi connectivity index (χ1) is 9.70. The average molecular weight is 304 g/mol. The van der Waals surface area contributed by atoms with Crippen molar-refractivity contribution in [2.75, 3.05) is 12.8 Å². The standard InChI is InChI=1S/C13H15F3N2O3/c1-4-5-7(2)21-11-8(13(14,15)16)6-9(17)10(18-11)12(19)20-3/h4,6-7H,1,5,17H2,2-3H3. The summed E-state index contributed by atoms with van der Waals surface area (Å²) in [6.07, 6.45) is -3.49. The normalized spacial score (nSPS) is 12.6. The number of carbonyl (C=O) groups excluding carboxylic acids is 1. The van der Waals surface area contributed by atoms with Crippen LogP contribution in [0.25, 0.3) is 0 Å². The van der Waals surface area contributed by atoms with Gasteiger partial charge in [0.1, 0.15) is 11.7 Å². The monoisotopic (exact) mass is 304 g/mol. The minimum atomic E-state index is -4.71. The molecule has 0 aromatic carbocycles. The Balaban J connectivity index is 3.34. The van der Waals surface area contributed by atoms with Gasteiger partial charge in [-0.05, 0) is 13.0 Å². The maximum absolute atomic E-state index is 13.0. The van der Waals surface area contributed by atoms with Gasteiger partial charge in [0.2, 0.25) is 5.88 Å². The molecule has 0 radical (unpaired) electrons. The highest BCUT2D eigenvalue weighted by molar-refractivity contribution is 5.93. The summed E-state index contributed by atoms with van der Waals surface area (Å²) in [5, 5.41) is 0. The van der Waals surface area contributed by atoms with Crippen molar-refractivity contribution in [3.05, 3.63) is 30.0 Å². The van der Waals surface area contributed by atoms with Crippen molar-refractivity contribution in [3.8, 4) is 5.88 Å². The molecular weight excluding hydrogens is 289 g/mol. The molecule has 0 bridgehead atoms. The maximum Gasteiger partial charge on any atom is 0.421 e. The van der Waals surface area contributed by atoms with Crippen LogP contribution in [0.1, 0.15) is 29.4 Å². The third-order valence-electron chi connectivity index (χ3n) is 2.51. The third kappa shape index (κ3) is 4.11. The molecule has 1 atom stereocenters. The lowest BCUT2D eigenvalue weighted by Gasteiger charge is -2.18. The van der Waals surface area contributed by atoms with E-state index < -0.39 is 41.1 Å². The molecule has 0 saturated heterocycles. The molecule has 0 aliphatic heterocycles. The molecule has 21 heavy (non-hydrogen) atoms. The van der Waals surface area contributed by atoms with Crippen LogP contribution in [0.3, 0.4) is 0 Å². The van der Waals surface area contributed by atoms with E-state index in [-0.39, 0.29) is 0 Å². The van der Waals surface area contributed by atoms with E-state index in [4.69, 9.17) is 10.5 Å². The molecule has 1 heterocycles. The number of carbonyl (C=O) groups is 1. The second-order valence-electron chi connectivity index (χ2n) is 4.22. The summed E-state index contributed by atoms with van der Waals surface area (Å²) in [5.74, 6) is -1.66. The minimum absolute atomic E-state index is 0.316. The average Bonchev–Trinajstić information content (AvgIpc) is 2.38. The van der Waals surface area contributed by atoms with E-state index in [1.165, 1.54) is 6.08 Å². The molecule has 1 unspecified atom stereocenters. The Morgan fingerprint density at radius 2 is 2.19 bits per heavy atom. The number of nitrogens with zero attached hydrogens (tertiary/aromatic N) is 1. The zero-order valence-electron chi connectivity index (χ0n) is 11.5. The van der Waals surface area contributed by atoms with E-state index in [1.807, 2.05) is 0 Å². The largest absolute Gasteiger partial charge is 0.474 e. The van der Waals surface area contributed by atoms with Crippen molar-refractivity contribution in [1.82, 2.24) is 4.98 Å². The topological polar surface area (TPSA) is 74.4 Å². The van der Waals surface area contributed by atoms with Crippen molar-refractivity contribution in [3.63, 3.8) is 0 Å². The highest BCUT2D eigenvalue weighted by Crippen LogP contribution is 2.37. The van der Waals surface area contributed by atoms with Crippen molar-refractivity contribution >= 4 is 11.7 Å². The number of aromatic nitrogens is 1. The number of rotatable bonds is 5. The Labute approximate surface area is 119 Å². The van der Waals surface area contributed by atoms with Gasteiger partial charge in [-0.3, -0.25) is 0 Å². The van der Waals surface area contributed by atoms with Crippen LogP contribution in [-0.2, 0) is 10.9 Å². The van der Waals surface area contributed by atoms with Crippen LogP contribution in [0.4, 0.5) is 18.9 Å². The Bertz CT molecular complexity index is 544. The molecule has 1 aromatic rings. The lowest BCUT2D eigenvalue weighted by molar-refractivity contribution is -0.139. The van der Waals surface area contributed by atoms with Crippen LogP contribution in [0.5, 0.6) is 5.88 Å². The molecule has 5 nitrogen and oxygen atoms in total. The van der Waals surface area contributed by atoms with Gasteiger partial charge in [0.25, 0.3) is 0 Å². The lowest BCUT2D eigenvalue weighted by Crippen LogP contribution is -2.19. The van der Waals surface area contributed by atoms with E-state index >= 15 is 0 Å². The molecule has 8 heteroatoms. The van der Waals surface area contributed by atoms with Gasteiger partial charge in [-0.25, -0.2) is 9.78 Å². The number of hydrogen-bond donors (Lipinski definition) is 1. The summed E-state index contributed by atoms with van der Waals surface area (Å²) in [5.41, 5.74) is 3.41. The number of hydrogen-bond acceptors (Lipinski definition) is 5. The maximum atomic E-state index is 13.0. The quantitative estimate of drug-likeness (QED) is 0.669. The Hall–Kier alpha value is -2.25. The van der Waals surface area contributed by atoms with Crippen LogP contribution < -0.4 is 10.5 Å². The molecule has 0 fully saturated rings. The van der Waals surface area contributed by atoms with E-state index in [1.54, 1.807) is 6.92 Å². The van der Waals surface area contributed by atoms with Crippen molar-refractivity contribution < 1.29 is 27.4 Å². The summed E-state index contributed by atoms with van der Waals surface area (Å²) >= 11 is 0. The third-order valence-corrected chi connectivity index (χ3v) is 2.51. The van der Waals surface area contributed by atoms with Gasteiger partial charge in [0.15, 0.2) is 5.69 Å². The number of anilines is 1. The van der Waals surface area contributed by atoms with E-state index in [0.717, 1.165) is 7.11 Å². The molecule has 2 N–H and O–H groups in total. The first kappa shape index (κ1) is 16.8. The van der Waals surface area contributed by atoms with Gasteiger partial charge >= 0.3 is 12.1 Å². The van der Waals surface area contributed by atoms with E-state index in [0.29, 0.717) is 12.5 Å². The van der Waals surface area contributed by atoms with E-state index in [2.05, 4.69) is 16.3 Å². The zero-order chi connectivity index (χ0) is 16.2. The number of methoxy groups -OCH3 is 1. The first-order valence-electron chi connectivity index (χ1n) is 5.94. The molecule has 0 aliphatic carbocycles. The highest BCUT2D eigenvalue weighted by atomic mass is 19.4. The van der Waals surface area contributed by atoms with Crippen LogP contribution in [0.2, 0.25) is 0 Å². The Kier molecular flexibility index (Phi) is 5.17. The summed E-state index contributed by atoms with van der Waals surface area (Å²) < 4.78 is 48.5. The molecular formula is C13H15F3N2O3. The van der Waals surface area contributed by atoms with Gasteiger partial charge in [0, 0.05) is 6.42 Å². The van der Waals surface area contributed by atoms with Crippen LogP contribution in [-0.4, -0.2) is 24.2 Å².